The summed E-state index contributed by atoms with van der Waals surface area (Å²) in [5, 5.41) is 9.21. The van der Waals surface area contributed by atoms with Gasteiger partial charge in [-0.1, -0.05) is 0 Å². The summed E-state index contributed by atoms with van der Waals surface area (Å²) in [7, 11) is 0. The summed E-state index contributed by atoms with van der Waals surface area (Å²) in [5.74, 6) is 0.171. The number of fused-ring (bicyclic) bond motifs is 1. The Morgan fingerprint density at radius 3 is 2.79 bits per heavy atom. The molecule has 0 bridgehead atoms. The first-order valence-corrected chi connectivity index (χ1v) is 8.01. The maximum absolute atomic E-state index is 12.2. The van der Waals surface area contributed by atoms with Gasteiger partial charge in [-0.05, 0) is 20.8 Å². The summed E-state index contributed by atoms with van der Waals surface area (Å²) in [6.45, 7) is 6.60. The van der Waals surface area contributed by atoms with Gasteiger partial charge in [-0.15, -0.1) is 0 Å². The Kier molecular flexibility index (Phi) is 4.16. The third-order valence-electron chi connectivity index (χ3n) is 4.00. The highest BCUT2D eigenvalue weighted by Gasteiger charge is 2.34. The van der Waals surface area contributed by atoms with Crippen LogP contribution in [0.5, 0.6) is 0 Å². The highest BCUT2D eigenvalue weighted by Crippen LogP contribution is 2.27. The Bertz CT molecular complexity index is 671. The first-order chi connectivity index (χ1) is 11.3. The Balaban J connectivity index is 1.73. The fourth-order valence-corrected chi connectivity index (χ4v) is 2.83. The number of carbonyl (C=O) groups excluding carboxylic acids is 2. The molecule has 2 amide bonds. The van der Waals surface area contributed by atoms with E-state index in [-0.39, 0.29) is 24.5 Å². The van der Waals surface area contributed by atoms with Crippen molar-refractivity contribution in [1.82, 2.24) is 14.9 Å². The van der Waals surface area contributed by atoms with Crippen LogP contribution in [0.25, 0.3) is 0 Å². The molecule has 130 valence electrons. The normalized spacial score (nSPS) is 20.5. The number of hydrogen-bond donors (Lipinski definition) is 1. The lowest BCUT2D eigenvalue weighted by Gasteiger charge is -2.23. The quantitative estimate of drug-likeness (QED) is 0.869. The number of amides is 2. The van der Waals surface area contributed by atoms with Crippen molar-refractivity contribution in [2.75, 3.05) is 18.1 Å². The Morgan fingerprint density at radius 2 is 2.17 bits per heavy atom. The zero-order valence-corrected chi connectivity index (χ0v) is 14.2. The van der Waals surface area contributed by atoms with Gasteiger partial charge in [-0.2, -0.15) is 0 Å². The standard InChI is InChI=1S/C16H22N4O4/c1-16(2,3)24-15(23)19-7-11-5-17-14(18-12(11)8-19)20-6-10(9-21)4-13(20)22/h5,10,21H,4,6-9H2,1-3H3. The minimum absolute atomic E-state index is 0.0282. The molecule has 3 rings (SSSR count). The van der Waals surface area contributed by atoms with E-state index in [0.29, 0.717) is 32.0 Å². The van der Waals surface area contributed by atoms with Gasteiger partial charge in [0.2, 0.25) is 11.9 Å². The summed E-state index contributed by atoms with van der Waals surface area (Å²) in [5.41, 5.74) is 1.03. The third-order valence-corrected chi connectivity index (χ3v) is 4.00. The summed E-state index contributed by atoms with van der Waals surface area (Å²) in [6.07, 6.45) is 1.57. The van der Waals surface area contributed by atoms with E-state index < -0.39 is 5.60 Å². The van der Waals surface area contributed by atoms with Crippen molar-refractivity contribution >= 4 is 17.9 Å². The molecular formula is C16H22N4O4. The molecule has 0 spiro atoms. The van der Waals surface area contributed by atoms with Crippen LogP contribution in [-0.2, 0) is 22.6 Å². The van der Waals surface area contributed by atoms with Gasteiger partial charge in [0, 0.05) is 37.3 Å². The largest absolute Gasteiger partial charge is 0.444 e. The van der Waals surface area contributed by atoms with Gasteiger partial charge < -0.3 is 9.84 Å². The molecule has 0 saturated carbocycles. The monoisotopic (exact) mass is 334 g/mol. The second kappa shape index (κ2) is 6.01. The van der Waals surface area contributed by atoms with E-state index in [9.17, 15) is 14.7 Å². The highest BCUT2D eigenvalue weighted by molar-refractivity contribution is 5.94. The predicted molar refractivity (Wildman–Crippen MR) is 85.1 cm³/mol. The summed E-state index contributed by atoms with van der Waals surface area (Å²) >= 11 is 0. The van der Waals surface area contributed by atoms with E-state index in [1.54, 1.807) is 11.1 Å². The van der Waals surface area contributed by atoms with Gasteiger partial charge in [-0.3, -0.25) is 14.6 Å². The third kappa shape index (κ3) is 3.33. The highest BCUT2D eigenvalue weighted by atomic mass is 16.6. The smallest absolute Gasteiger partial charge is 0.410 e. The van der Waals surface area contributed by atoms with Crippen LogP contribution in [0, 0.1) is 5.92 Å². The molecular weight excluding hydrogens is 312 g/mol. The van der Waals surface area contributed by atoms with Crippen LogP contribution >= 0.6 is 0 Å². The van der Waals surface area contributed by atoms with E-state index >= 15 is 0 Å². The van der Waals surface area contributed by atoms with Gasteiger partial charge in [0.15, 0.2) is 0 Å². The van der Waals surface area contributed by atoms with Crippen molar-refractivity contribution in [3.8, 4) is 0 Å². The molecule has 0 aromatic carbocycles. The lowest BCUT2D eigenvalue weighted by molar-refractivity contribution is -0.117. The van der Waals surface area contributed by atoms with E-state index in [1.165, 1.54) is 4.90 Å². The zero-order chi connectivity index (χ0) is 17.5. The Morgan fingerprint density at radius 1 is 1.42 bits per heavy atom. The summed E-state index contributed by atoms with van der Waals surface area (Å²) in [4.78, 5) is 36.0. The van der Waals surface area contributed by atoms with Crippen molar-refractivity contribution in [2.24, 2.45) is 5.92 Å². The molecule has 1 aromatic heterocycles. The van der Waals surface area contributed by atoms with Crippen molar-refractivity contribution in [3.05, 3.63) is 17.5 Å². The van der Waals surface area contributed by atoms with Crippen molar-refractivity contribution < 1.29 is 19.4 Å². The van der Waals surface area contributed by atoms with E-state index in [2.05, 4.69) is 9.97 Å². The second-order valence-electron chi connectivity index (χ2n) is 7.24. The number of hydrogen-bond acceptors (Lipinski definition) is 6. The number of aliphatic hydroxyl groups excluding tert-OH is 1. The molecule has 2 aliphatic rings. The van der Waals surface area contributed by atoms with Gasteiger partial charge in [0.05, 0.1) is 18.8 Å². The van der Waals surface area contributed by atoms with E-state index in [4.69, 9.17) is 4.74 Å². The van der Waals surface area contributed by atoms with Gasteiger partial charge in [-0.25, -0.2) is 14.8 Å². The van der Waals surface area contributed by atoms with Crippen LogP contribution < -0.4 is 4.90 Å². The van der Waals surface area contributed by atoms with Crippen LogP contribution in [0.15, 0.2) is 6.20 Å². The van der Waals surface area contributed by atoms with Crippen LogP contribution in [-0.4, -0.2) is 50.7 Å². The second-order valence-corrected chi connectivity index (χ2v) is 7.24. The molecule has 1 aromatic rings. The van der Waals surface area contributed by atoms with Crippen LogP contribution in [0.2, 0.25) is 0 Å². The lowest BCUT2D eigenvalue weighted by Crippen LogP contribution is -2.33. The summed E-state index contributed by atoms with van der Waals surface area (Å²) < 4.78 is 5.38. The topological polar surface area (TPSA) is 95.9 Å². The number of ether oxygens (including phenoxy) is 1. The molecule has 0 radical (unpaired) electrons. The Labute approximate surface area is 140 Å². The predicted octanol–water partition coefficient (Wildman–Crippen LogP) is 1.07. The van der Waals surface area contributed by atoms with E-state index in [0.717, 1.165) is 11.3 Å². The molecule has 24 heavy (non-hydrogen) atoms. The molecule has 0 aliphatic carbocycles. The number of rotatable bonds is 2. The fraction of sp³-hybridized carbons (Fsp3) is 0.625. The van der Waals surface area contributed by atoms with Gasteiger partial charge in [0.1, 0.15) is 5.60 Å². The number of aromatic nitrogens is 2. The molecule has 1 atom stereocenters. The number of aliphatic hydroxyl groups is 1. The maximum atomic E-state index is 12.2. The minimum atomic E-state index is -0.552. The minimum Gasteiger partial charge on any atom is -0.444 e. The average molecular weight is 334 g/mol. The van der Waals surface area contributed by atoms with Crippen molar-refractivity contribution in [2.45, 2.75) is 45.9 Å². The number of anilines is 1. The van der Waals surface area contributed by atoms with E-state index in [1.807, 2.05) is 20.8 Å². The lowest BCUT2D eigenvalue weighted by atomic mass is 10.1. The van der Waals surface area contributed by atoms with Gasteiger partial charge in [0.25, 0.3) is 0 Å². The molecule has 3 heterocycles. The molecule has 1 saturated heterocycles. The molecule has 1 N–H and O–H groups in total. The first kappa shape index (κ1) is 16.6. The van der Waals surface area contributed by atoms with Crippen LogP contribution in [0.4, 0.5) is 10.7 Å². The fourth-order valence-electron chi connectivity index (χ4n) is 2.83. The number of nitrogens with zero attached hydrogens (tertiary/aromatic N) is 4. The molecule has 1 unspecified atom stereocenters. The first-order valence-electron chi connectivity index (χ1n) is 8.01. The molecule has 8 nitrogen and oxygen atoms in total. The average Bonchev–Trinajstić information content (AvgIpc) is 3.07. The van der Waals surface area contributed by atoms with Crippen LogP contribution in [0.3, 0.4) is 0 Å². The van der Waals surface area contributed by atoms with Gasteiger partial charge >= 0.3 is 6.09 Å². The van der Waals surface area contributed by atoms with Crippen molar-refractivity contribution in [1.29, 1.82) is 0 Å². The van der Waals surface area contributed by atoms with Crippen LogP contribution in [0.1, 0.15) is 38.4 Å². The maximum Gasteiger partial charge on any atom is 0.410 e. The molecule has 1 fully saturated rings. The number of carbonyl (C=O) groups is 2. The van der Waals surface area contributed by atoms with Crippen molar-refractivity contribution in [3.63, 3.8) is 0 Å². The zero-order valence-electron chi connectivity index (χ0n) is 14.2. The summed E-state index contributed by atoms with van der Waals surface area (Å²) in [6, 6.07) is 0. The SMILES string of the molecule is CC(C)(C)OC(=O)N1Cc2cnc(N3CC(CO)CC3=O)nc2C1. The molecule has 8 heteroatoms. The Hall–Kier alpha value is -2.22. The molecule has 2 aliphatic heterocycles.